The molecule has 0 radical (unpaired) electrons. The molecule has 1 heterocycles. The highest BCUT2D eigenvalue weighted by Crippen LogP contribution is 2.30. The van der Waals surface area contributed by atoms with E-state index < -0.39 is 0 Å². The third-order valence-corrected chi connectivity index (χ3v) is 4.49. The Morgan fingerprint density at radius 3 is 2.53 bits per heavy atom. The average molecular weight is 249 g/mol. The van der Waals surface area contributed by atoms with Crippen LogP contribution in [0.25, 0.3) is 0 Å². The van der Waals surface area contributed by atoms with Crippen molar-refractivity contribution < 1.29 is 4.79 Å². The largest absolute Gasteiger partial charge is 0.343 e. The van der Waals surface area contributed by atoms with E-state index >= 15 is 0 Å². The summed E-state index contributed by atoms with van der Waals surface area (Å²) >= 11 is 1.95. The smallest absolute Gasteiger partial charge is 0.222 e. The first-order chi connectivity index (χ1) is 8.29. The molecular formula is C14H19NOS. The van der Waals surface area contributed by atoms with Crippen molar-refractivity contribution in [1.29, 1.82) is 0 Å². The molecule has 0 aliphatic carbocycles. The lowest BCUT2D eigenvalue weighted by molar-refractivity contribution is -0.131. The molecule has 92 valence electrons. The van der Waals surface area contributed by atoms with Gasteiger partial charge in [-0.15, -0.1) is 11.8 Å². The van der Waals surface area contributed by atoms with Crippen LogP contribution in [0.2, 0.25) is 0 Å². The predicted molar refractivity (Wildman–Crippen MR) is 72.2 cm³/mol. The lowest BCUT2D eigenvalue weighted by atomic mass is 10.1. The van der Waals surface area contributed by atoms with Crippen LogP contribution in [0, 0.1) is 0 Å². The number of rotatable bonds is 3. The number of likely N-dealkylation sites (tertiary alicyclic amines) is 1. The van der Waals surface area contributed by atoms with Gasteiger partial charge >= 0.3 is 0 Å². The molecule has 1 aromatic carbocycles. The molecule has 1 aliphatic heterocycles. The molecule has 0 atom stereocenters. The molecule has 0 unspecified atom stereocenters. The number of carbonyl (C=O) groups is 1. The van der Waals surface area contributed by atoms with Crippen molar-refractivity contribution in [2.24, 2.45) is 0 Å². The highest BCUT2D eigenvalue weighted by atomic mass is 32.2. The summed E-state index contributed by atoms with van der Waals surface area (Å²) in [5, 5.41) is 0.665. The normalized spacial score (nSPS) is 17.1. The monoisotopic (exact) mass is 249 g/mol. The molecule has 1 aromatic rings. The fourth-order valence-electron chi connectivity index (χ4n) is 2.14. The average Bonchev–Trinajstić information content (AvgIpc) is 2.40. The molecular weight excluding hydrogens is 230 g/mol. The van der Waals surface area contributed by atoms with Crippen LogP contribution in [-0.2, 0) is 4.79 Å². The van der Waals surface area contributed by atoms with Crippen LogP contribution in [-0.4, -0.2) is 29.1 Å². The molecule has 17 heavy (non-hydrogen) atoms. The van der Waals surface area contributed by atoms with Crippen LogP contribution in [0.5, 0.6) is 0 Å². The van der Waals surface area contributed by atoms with E-state index in [2.05, 4.69) is 24.3 Å². The summed E-state index contributed by atoms with van der Waals surface area (Å²) in [5.41, 5.74) is 0. The van der Waals surface area contributed by atoms with E-state index in [0.717, 1.165) is 25.9 Å². The van der Waals surface area contributed by atoms with Crippen molar-refractivity contribution in [3.05, 3.63) is 30.3 Å². The fourth-order valence-corrected chi connectivity index (χ4v) is 3.28. The van der Waals surface area contributed by atoms with Crippen molar-refractivity contribution >= 4 is 17.7 Å². The Morgan fingerprint density at radius 1 is 1.29 bits per heavy atom. The van der Waals surface area contributed by atoms with Crippen LogP contribution in [0.1, 0.15) is 26.2 Å². The molecule has 0 N–H and O–H groups in total. The first-order valence-corrected chi connectivity index (χ1v) is 7.17. The fraction of sp³-hybridized carbons (Fsp3) is 0.500. The zero-order chi connectivity index (χ0) is 12.1. The first-order valence-electron chi connectivity index (χ1n) is 6.29. The molecule has 1 saturated heterocycles. The Hall–Kier alpha value is -0.960. The van der Waals surface area contributed by atoms with E-state index in [1.54, 1.807) is 0 Å². The van der Waals surface area contributed by atoms with Gasteiger partial charge in [0.15, 0.2) is 0 Å². The zero-order valence-corrected chi connectivity index (χ0v) is 11.1. The molecule has 1 amide bonds. The summed E-state index contributed by atoms with van der Waals surface area (Å²) in [6.45, 7) is 3.79. The van der Waals surface area contributed by atoms with Crippen LogP contribution < -0.4 is 0 Å². The van der Waals surface area contributed by atoms with Gasteiger partial charge in [-0.1, -0.05) is 25.1 Å². The Balaban J connectivity index is 1.82. The van der Waals surface area contributed by atoms with Gasteiger partial charge in [-0.3, -0.25) is 4.79 Å². The topological polar surface area (TPSA) is 20.3 Å². The minimum absolute atomic E-state index is 0.299. The SMILES string of the molecule is CCC(=O)N1CCC(Sc2ccccc2)CC1. The van der Waals surface area contributed by atoms with Gasteiger partial charge < -0.3 is 4.90 Å². The number of thioether (sulfide) groups is 1. The summed E-state index contributed by atoms with van der Waals surface area (Å²) in [5.74, 6) is 0.299. The lowest BCUT2D eigenvalue weighted by Crippen LogP contribution is -2.38. The second kappa shape index (κ2) is 6.10. The maximum Gasteiger partial charge on any atom is 0.222 e. The van der Waals surface area contributed by atoms with E-state index in [1.807, 2.05) is 29.7 Å². The zero-order valence-electron chi connectivity index (χ0n) is 10.3. The van der Waals surface area contributed by atoms with Gasteiger partial charge in [0.25, 0.3) is 0 Å². The highest BCUT2D eigenvalue weighted by Gasteiger charge is 2.22. The van der Waals surface area contributed by atoms with Crippen LogP contribution >= 0.6 is 11.8 Å². The Kier molecular flexibility index (Phi) is 4.49. The molecule has 0 saturated carbocycles. The standard InChI is InChI=1S/C14H19NOS/c1-2-14(16)15-10-8-13(9-11-15)17-12-6-4-3-5-7-12/h3-7,13H,2,8-11H2,1H3. The number of benzene rings is 1. The molecule has 0 bridgehead atoms. The number of nitrogens with zero attached hydrogens (tertiary/aromatic N) is 1. The molecule has 1 aliphatic rings. The van der Waals surface area contributed by atoms with Crippen molar-refractivity contribution in [1.82, 2.24) is 4.90 Å². The summed E-state index contributed by atoms with van der Waals surface area (Å²) in [6.07, 6.45) is 2.87. The van der Waals surface area contributed by atoms with Gasteiger partial charge in [-0.05, 0) is 25.0 Å². The Bertz CT molecular complexity index is 358. The summed E-state index contributed by atoms with van der Waals surface area (Å²) < 4.78 is 0. The number of amides is 1. The van der Waals surface area contributed by atoms with E-state index in [4.69, 9.17) is 0 Å². The Labute approximate surface area is 107 Å². The number of carbonyl (C=O) groups excluding carboxylic acids is 1. The van der Waals surface area contributed by atoms with E-state index in [0.29, 0.717) is 17.6 Å². The van der Waals surface area contributed by atoms with Gasteiger partial charge in [-0.25, -0.2) is 0 Å². The first kappa shape index (κ1) is 12.5. The summed E-state index contributed by atoms with van der Waals surface area (Å²) in [6, 6.07) is 10.5. The molecule has 3 heteroatoms. The van der Waals surface area contributed by atoms with Crippen LogP contribution in [0.15, 0.2) is 35.2 Å². The lowest BCUT2D eigenvalue weighted by Gasteiger charge is -2.31. The maximum atomic E-state index is 11.6. The Morgan fingerprint density at radius 2 is 1.94 bits per heavy atom. The number of hydrogen-bond acceptors (Lipinski definition) is 2. The molecule has 0 spiro atoms. The van der Waals surface area contributed by atoms with Crippen molar-refractivity contribution in [2.45, 2.75) is 36.3 Å². The highest BCUT2D eigenvalue weighted by molar-refractivity contribution is 8.00. The second-order valence-corrected chi connectivity index (χ2v) is 5.74. The summed E-state index contributed by atoms with van der Waals surface area (Å²) in [4.78, 5) is 14.9. The molecule has 2 rings (SSSR count). The third kappa shape index (κ3) is 3.50. The van der Waals surface area contributed by atoms with Crippen LogP contribution in [0.3, 0.4) is 0 Å². The maximum absolute atomic E-state index is 11.6. The third-order valence-electron chi connectivity index (χ3n) is 3.14. The molecule has 0 aromatic heterocycles. The van der Waals surface area contributed by atoms with Crippen molar-refractivity contribution in [3.8, 4) is 0 Å². The molecule has 2 nitrogen and oxygen atoms in total. The van der Waals surface area contributed by atoms with E-state index in [1.165, 1.54) is 4.90 Å². The predicted octanol–water partition coefficient (Wildman–Crippen LogP) is 3.18. The van der Waals surface area contributed by atoms with Crippen molar-refractivity contribution in [2.75, 3.05) is 13.1 Å². The van der Waals surface area contributed by atoms with Gasteiger partial charge in [0.1, 0.15) is 0 Å². The minimum Gasteiger partial charge on any atom is -0.343 e. The van der Waals surface area contributed by atoms with Crippen LogP contribution in [0.4, 0.5) is 0 Å². The van der Waals surface area contributed by atoms with Gasteiger partial charge in [0.2, 0.25) is 5.91 Å². The van der Waals surface area contributed by atoms with Crippen molar-refractivity contribution in [3.63, 3.8) is 0 Å². The minimum atomic E-state index is 0.299. The number of hydrogen-bond donors (Lipinski definition) is 0. The van der Waals surface area contributed by atoms with Gasteiger partial charge in [0, 0.05) is 29.7 Å². The van der Waals surface area contributed by atoms with Gasteiger partial charge in [-0.2, -0.15) is 0 Å². The summed E-state index contributed by atoms with van der Waals surface area (Å²) in [7, 11) is 0. The second-order valence-electron chi connectivity index (χ2n) is 4.36. The van der Waals surface area contributed by atoms with Gasteiger partial charge in [0.05, 0.1) is 0 Å². The molecule has 1 fully saturated rings. The quantitative estimate of drug-likeness (QED) is 0.820. The number of piperidine rings is 1. The van der Waals surface area contributed by atoms with E-state index in [-0.39, 0.29) is 0 Å². The van der Waals surface area contributed by atoms with E-state index in [9.17, 15) is 4.79 Å².